The third-order valence-corrected chi connectivity index (χ3v) is 5.53. The summed E-state index contributed by atoms with van der Waals surface area (Å²) in [7, 11) is -1.28. The average molecular weight is 292 g/mol. The van der Waals surface area contributed by atoms with E-state index in [0.29, 0.717) is 0 Å². The number of benzene rings is 2. The lowest BCUT2D eigenvalue weighted by molar-refractivity contribution is 1.40. The quantitative estimate of drug-likeness (QED) is 0.545. The number of hydrogen-bond donors (Lipinski definition) is 1. The van der Waals surface area contributed by atoms with Gasteiger partial charge < -0.3 is 4.98 Å². The van der Waals surface area contributed by atoms with Crippen molar-refractivity contribution in [2.75, 3.05) is 0 Å². The molecule has 3 aromatic rings. The number of hydrogen-bond acceptors (Lipinski definition) is 1. The molecule has 0 aliphatic rings. The first-order chi connectivity index (χ1) is 10.0. The van der Waals surface area contributed by atoms with Crippen LogP contribution in [0.4, 0.5) is 5.69 Å². The van der Waals surface area contributed by atoms with Gasteiger partial charge in [0.25, 0.3) is 0 Å². The van der Waals surface area contributed by atoms with E-state index < -0.39 is 8.07 Å². The van der Waals surface area contributed by atoms with E-state index in [2.05, 4.69) is 84.2 Å². The first-order valence-corrected chi connectivity index (χ1v) is 10.8. The summed E-state index contributed by atoms with van der Waals surface area (Å²) in [5, 5.41) is 3.77. The van der Waals surface area contributed by atoms with Crippen LogP contribution >= 0.6 is 0 Å². The molecule has 0 aliphatic heterocycles. The number of rotatable bonds is 3. The van der Waals surface area contributed by atoms with Crippen molar-refractivity contribution >= 4 is 36.1 Å². The van der Waals surface area contributed by atoms with Gasteiger partial charge in [0, 0.05) is 5.39 Å². The largest absolute Gasteiger partial charge is 0.362 e. The molecule has 1 N–H and O–H groups in total. The van der Waals surface area contributed by atoms with E-state index in [1.165, 1.54) is 16.1 Å². The Morgan fingerprint density at radius 1 is 0.905 bits per heavy atom. The lowest BCUT2D eigenvalue weighted by atomic mass is 10.1. The molecule has 3 heteroatoms. The summed E-state index contributed by atoms with van der Waals surface area (Å²) >= 11 is 0. The fourth-order valence-corrected chi connectivity index (χ4v) is 3.49. The number of nitrogens with zero attached hydrogens (tertiary/aromatic N) is 1. The van der Waals surface area contributed by atoms with Crippen molar-refractivity contribution in [2.24, 2.45) is 4.99 Å². The standard InChI is InChI=1S/C18H20N2Si/c1-21(2,3)18-12-11-15(20-18)13-19-17-10-6-8-14-7-4-5-9-16(14)17/h4-13,20H,1-3H3. The zero-order valence-corrected chi connectivity index (χ0v) is 13.7. The van der Waals surface area contributed by atoms with Gasteiger partial charge >= 0.3 is 0 Å². The van der Waals surface area contributed by atoms with Crippen LogP contribution in [0.25, 0.3) is 10.8 Å². The summed E-state index contributed by atoms with van der Waals surface area (Å²) in [6.45, 7) is 7.01. The highest BCUT2D eigenvalue weighted by atomic mass is 28.3. The highest BCUT2D eigenvalue weighted by Crippen LogP contribution is 2.25. The molecule has 1 heterocycles. The second-order valence-corrected chi connectivity index (χ2v) is 11.4. The molecule has 106 valence electrons. The second kappa shape index (κ2) is 5.33. The molecule has 0 radical (unpaired) electrons. The highest BCUT2D eigenvalue weighted by Gasteiger charge is 2.17. The van der Waals surface area contributed by atoms with Crippen LogP contribution < -0.4 is 5.32 Å². The third kappa shape index (κ3) is 2.98. The Morgan fingerprint density at radius 3 is 2.43 bits per heavy atom. The maximum Gasteiger partial charge on any atom is 0.0981 e. The minimum absolute atomic E-state index is 1.01. The number of H-pyrrole nitrogens is 1. The van der Waals surface area contributed by atoms with Gasteiger partial charge in [-0.1, -0.05) is 56.0 Å². The zero-order valence-electron chi connectivity index (χ0n) is 12.7. The third-order valence-electron chi connectivity index (χ3n) is 3.63. The minimum atomic E-state index is -1.28. The molecule has 2 aromatic carbocycles. The molecule has 0 unspecified atom stereocenters. The van der Waals surface area contributed by atoms with Gasteiger partial charge in [-0.3, -0.25) is 4.99 Å². The van der Waals surface area contributed by atoms with Crippen LogP contribution in [-0.4, -0.2) is 19.3 Å². The van der Waals surface area contributed by atoms with Crippen molar-refractivity contribution in [2.45, 2.75) is 19.6 Å². The van der Waals surface area contributed by atoms with Gasteiger partial charge in [0.05, 0.1) is 25.7 Å². The van der Waals surface area contributed by atoms with E-state index in [1.54, 1.807) is 0 Å². The minimum Gasteiger partial charge on any atom is -0.362 e. The van der Waals surface area contributed by atoms with Crippen LogP contribution in [0.3, 0.4) is 0 Å². The molecule has 0 saturated heterocycles. The molecule has 1 aromatic heterocycles. The van der Waals surface area contributed by atoms with Crippen molar-refractivity contribution < 1.29 is 0 Å². The van der Waals surface area contributed by atoms with E-state index in [0.717, 1.165) is 11.4 Å². The lowest BCUT2D eigenvalue weighted by Gasteiger charge is -2.12. The Morgan fingerprint density at radius 2 is 1.67 bits per heavy atom. The van der Waals surface area contributed by atoms with Gasteiger partial charge in [0.1, 0.15) is 0 Å². The first kappa shape index (κ1) is 13.8. The van der Waals surface area contributed by atoms with Gasteiger partial charge in [-0.15, -0.1) is 0 Å². The number of aromatic nitrogens is 1. The van der Waals surface area contributed by atoms with Gasteiger partial charge in [0.2, 0.25) is 0 Å². The maximum absolute atomic E-state index is 4.66. The molecule has 3 rings (SSSR count). The Kier molecular flexibility index (Phi) is 3.51. The van der Waals surface area contributed by atoms with Crippen LogP contribution in [0, 0.1) is 0 Å². The summed E-state index contributed by atoms with van der Waals surface area (Å²) in [6, 6.07) is 18.9. The van der Waals surface area contributed by atoms with Gasteiger partial charge in [-0.25, -0.2) is 0 Å². The molecule has 2 nitrogen and oxygen atoms in total. The maximum atomic E-state index is 4.66. The molecule has 21 heavy (non-hydrogen) atoms. The Bertz CT molecular complexity index is 789. The summed E-state index contributed by atoms with van der Waals surface area (Å²) in [5.41, 5.74) is 2.08. The monoisotopic (exact) mass is 292 g/mol. The fraction of sp³-hybridized carbons (Fsp3) is 0.167. The van der Waals surface area contributed by atoms with E-state index >= 15 is 0 Å². The smallest absolute Gasteiger partial charge is 0.0981 e. The summed E-state index contributed by atoms with van der Waals surface area (Å²) < 4.78 is 0. The normalized spacial score (nSPS) is 12.3. The second-order valence-electron chi connectivity index (χ2n) is 6.33. The number of nitrogens with one attached hydrogen (secondary N) is 1. The molecule has 0 saturated carbocycles. The lowest BCUT2D eigenvalue weighted by Crippen LogP contribution is -2.38. The summed E-state index contributed by atoms with van der Waals surface area (Å²) in [5.74, 6) is 0. The van der Waals surface area contributed by atoms with Crippen molar-refractivity contribution in [3.63, 3.8) is 0 Å². The molecule has 0 amide bonds. The van der Waals surface area contributed by atoms with Crippen LogP contribution in [0.5, 0.6) is 0 Å². The number of aliphatic imine (C=N–C) groups is 1. The fourth-order valence-electron chi connectivity index (χ4n) is 2.38. The van der Waals surface area contributed by atoms with Crippen molar-refractivity contribution in [1.82, 2.24) is 4.98 Å². The van der Waals surface area contributed by atoms with Gasteiger partial charge in [-0.05, 0) is 28.9 Å². The average Bonchev–Trinajstić information content (AvgIpc) is 2.94. The molecule has 0 bridgehead atoms. The topological polar surface area (TPSA) is 28.1 Å². The van der Waals surface area contributed by atoms with E-state index in [1.807, 2.05) is 6.21 Å². The molecule has 0 spiro atoms. The Hall–Kier alpha value is -2.13. The summed E-state index contributed by atoms with van der Waals surface area (Å²) in [6.07, 6.45) is 1.92. The molecular weight excluding hydrogens is 272 g/mol. The van der Waals surface area contributed by atoms with Crippen LogP contribution in [0.2, 0.25) is 19.6 Å². The Balaban J connectivity index is 1.93. The molecule has 0 aliphatic carbocycles. The van der Waals surface area contributed by atoms with Crippen LogP contribution in [0.15, 0.2) is 59.6 Å². The molecule has 0 fully saturated rings. The van der Waals surface area contributed by atoms with E-state index in [4.69, 9.17) is 0 Å². The molecular formula is C18H20N2Si. The first-order valence-electron chi connectivity index (χ1n) is 7.25. The van der Waals surface area contributed by atoms with E-state index in [9.17, 15) is 0 Å². The zero-order chi connectivity index (χ0) is 14.9. The van der Waals surface area contributed by atoms with E-state index in [-0.39, 0.29) is 0 Å². The van der Waals surface area contributed by atoms with Crippen LogP contribution in [0.1, 0.15) is 5.69 Å². The highest BCUT2D eigenvalue weighted by molar-refractivity contribution is 6.88. The number of fused-ring (bicyclic) bond motifs is 1. The SMILES string of the molecule is C[Si](C)(C)c1ccc(C=Nc2cccc3ccccc23)[nH]1. The van der Waals surface area contributed by atoms with Crippen LogP contribution in [-0.2, 0) is 0 Å². The molecule has 0 atom stereocenters. The van der Waals surface area contributed by atoms with Crippen molar-refractivity contribution in [3.05, 3.63) is 60.3 Å². The number of aromatic amines is 1. The van der Waals surface area contributed by atoms with Crippen molar-refractivity contribution in [3.8, 4) is 0 Å². The van der Waals surface area contributed by atoms with Crippen molar-refractivity contribution in [1.29, 1.82) is 0 Å². The van der Waals surface area contributed by atoms with Gasteiger partial charge in [-0.2, -0.15) is 0 Å². The van der Waals surface area contributed by atoms with Gasteiger partial charge in [0.15, 0.2) is 0 Å². The predicted octanol–water partition coefficient (Wildman–Crippen LogP) is 4.46. The summed E-state index contributed by atoms with van der Waals surface area (Å²) in [4.78, 5) is 8.14. The predicted molar refractivity (Wildman–Crippen MR) is 95.0 cm³/mol. The Labute approximate surface area is 126 Å².